The molecule has 20 heavy (non-hydrogen) atoms. The summed E-state index contributed by atoms with van der Waals surface area (Å²) in [6, 6.07) is 8.40. The SMILES string of the molecule is C[C@@H](Sc1cccc[n+]1[O-])C(=O)Nc1cccnc1Cl. The molecule has 0 spiro atoms. The zero-order valence-electron chi connectivity index (χ0n) is 10.6. The van der Waals surface area contributed by atoms with E-state index < -0.39 is 5.25 Å². The van der Waals surface area contributed by atoms with E-state index in [4.69, 9.17) is 11.6 Å². The van der Waals surface area contributed by atoms with Crippen LogP contribution >= 0.6 is 23.4 Å². The molecule has 0 aliphatic rings. The molecule has 0 radical (unpaired) electrons. The van der Waals surface area contributed by atoms with Crippen molar-refractivity contribution in [1.29, 1.82) is 0 Å². The van der Waals surface area contributed by atoms with E-state index in [9.17, 15) is 10.0 Å². The fraction of sp³-hybridized carbons (Fsp3) is 0.154. The summed E-state index contributed by atoms with van der Waals surface area (Å²) in [6.07, 6.45) is 2.94. The van der Waals surface area contributed by atoms with Gasteiger partial charge < -0.3 is 10.5 Å². The lowest BCUT2D eigenvalue weighted by Gasteiger charge is -2.11. The minimum absolute atomic E-state index is 0.233. The zero-order chi connectivity index (χ0) is 14.5. The maximum atomic E-state index is 12.1. The van der Waals surface area contributed by atoms with E-state index >= 15 is 0 Å². The molecule has 0 aromatic carbocycles. The predicted octanol–water partition coefficient (Wildman–Crippen LogP) is 2.49. The summed E-state index contributed by atoms with van der Waals surface area (Å²) < 4.78 is 0.728. The first-order chi connectivity index (χ1) is 9.58. The Balaban J connectivity index is 2.03. The Bertz CT molecular complexity index is 624. The smallest absolute Gasteiger partial charge is 0.252 e. The summed E-state index contributed by atoms with van der Waals surface area (Å²) in [7, 11) is 0. The molecular formula is C13H12ClN3O2S. The van der Waals surface area contributed by atoms with E-state index in [1.54, 1.807) is 43.5 Å². The molecule has 2 rings (SSSR count). The van der Waals surface area contributed by atoms with Crippen molar-refractivity contribution in [2.24, 2.45) is 0 Å². The minimum Gasteiger partial charge on any atom is -0.618 e. The van der Waals surface area contributed by atoms with Gasteiger partial charge in [-0.1, -0.05) is 11.6 Å². The van der Waals surface area contributed by atoms with E-state index in [0.29, 0.717) is 10.7 Å². The number of amides is 1. The molecule has 0 aliphatic carbocycles. The number of nitrogens with one attached hydrogen (secondary N) is 1. The molecule has 1 N–H and O–H groups in total. The highest BCUT2D eigenvalue weighted by Gasteiger charge is 2.19. The Morgan fingerprint density at radius 3 is 2.95 bits per heavy atom. The lowest BCUT2D eigenvalue weighted by atomic mass is 10.4. The fourth-order valence-electron chi connectivity index (χ4n) is 1.45. The van der Waals surface area contributed by atoms with Crippen LogP contribution in [0.2, 0.25) is 5.15 Å². The van der Waals surface area contributed by atoms with Gasteiger partial charge in [0.1, 0.15) is 0 Å². The van der Waals surface area contributed by atoms with E-state index in [1.807, 2.05) is 0 Å². The Morgan fingerprint density at radius 1 is 1.45 bits per heavy atom. The lowest BCUT2D eigenvalue weighted by Crippen LogP contribution is -2.30. The van der Waals surface area contributed by atoms with E-state index in [0.717, 1.165) is 4.73 Å². The molecule has 104 valence electrons. The monoisotopic (exact) mass is 309 g/mol. The van der Waals surface area contributed by atoms with Crippen LogP contribution in [0.5, 0.6) is 0 Å². The van der Waals surface area contributed by atoms with Crippen molar-refractivity contribution in [1.82, 2.24) is 4.98 Å². The van der Waals surface area contributed by atoms with Gasteiger partial charge in [0, 0.05) is 18.3 Å². The average Bonchev–Trinajstić information content (AvgIpc) is 2.43. The number of aromatic nitrogens is 2. The largest absolute Gasteiger partial charge is 0.618 e. The van der Waals surface area contributed by atoms with Gasteiger partial charge in [-0.25, -0.2) is 4.98 Å². The van der Waals surface area contributed by atoms with Crippen LogP contribution in [0.4, 0.5) is 5.69 Å². The summed E-state index contributed by atoms with van der Waals surface area (Å²) in [5.41, 5.74) is 0.453. The summed E-state index contributed by atoms with van der Waals surface area (Å²) in [5.74, 6) is -0.242. The van der Waals surface area contributed by atoms with Crippen molar-refractivity contribution in [3.8, 4) is 0 Å². The molecule has 0 saturated carbocycles. The quantitative estimate of drug-likeness (QED) is 0.408. The summed E-state index contributed by atoms with van der Waals surface area (Å²) >= 11 is 7.05. The first-order valence-corrected chi connectivity index (χ1v) is 7.10. The van der Waals surface area contributed by atoms with Crippen molar-refractivity contribution in [2.75, 3.05) is 5.32 Å². The third-order valence-electron chi connectivity index (χ3n) is 2.47. The highest BCUT2D eigenvalue weighted by molar-refractivity contribution is 8.00. The maximum Gasteiger partial charge on any atom is 0.252 e. The molecule has 7 heteroatoms. The van der Waals surface area contributed by atoms with Crippen LogP contribution in [-0.2, 0) is 4.79 Å². The zero-order valence-corrected chi connectivity index (χ0v) is 12.2. The number of carbonyl (C=O) groups excluding carboxylic acids is 1. The van der Waals surface area contributed by atoms with E-state index in [-0.39, 0.29) is 11.1 Å². The van der Waals surface area contributed by atoms with Crippen molar-refractivity contribution in [3.05, 3.63) is 53.1 Å². The number of halogens is 1. The Hall–Kier alpha value is -1.79. The number of nitrogens with zero attached hydrogens (tertiary/aromatic N) is 2. The first kappa shape index (κ1) is 14.6. The molecule has 2 aromatic rings. The number of thioether (sulfide) groups is 1. The van der Waals surface area contributed by atoms with Gasteiger partial charge in [0.25, 0.3) is 5.03 Å². The fourth-order valence-corrected chi connectivity index (χ4v) is 2.47. The van der Waals surface area contributed by atoms with Crippen molar-refractivity contribution in [3.63, 3.8) is 0 Å². The topological polar surface area (TPSA) is 68.9 Å². The lowest BCUT2D eigenvalue weighted by molar-refractivity contribution is -0.645. The number of carbonyl (C=O) groups is 1. The van der Waals surface area contributed by atoms with Gasteiger partial charge in [-0.2, -0.15) is 4.73 Å². The average molecular weight is 310 g/mol. The van der Waals surface area contributed by atoms with Crippen LogP contribution in [0.15, 0.2) is 47.8 Å². The number of hydrogen-bond acceptors (Lipinski definition) is 4. The number of anilines is 1. The molecule has 2 heterocycles. The van der Waals surface area contributed by atoms with Crippen molar-refractivity contribution >= 4 is 35.0 Å². The molecule has 0 bridgehead atoms. The van der Waals surface area contributed by atoms with Crippen molar-refractivity contribution in [2.45, 2.75) is 17.2 Å². The van der Waals surface area contributed by atoms with Gasteiger partial charge in [-0.05, 0) is 36.9 Å². The third-order valence-corrected chi connectivity index (χ3v) is 3.90. The van der Waals surface area contributed by atoms with Gasteiger partial charge in [-0.15, -0.1) is 0 Å². The molecule has 0 saturated heterocycles. The molecule has 0 fully saturated rings. The molecule has 0 aliphatic heterocycles. The summed E-state index contributed by atoms with van der Waals surface area (Å²) in [5, 5.41) is 14.5. The van der Waals surface area contributed by atoms with Crippen LogP contribution < -0.4 is 10.0 Å². The van der Waals surface area contributed by atoms with Gasteiger partial charge in [0.05, 0.1) is 10.9 Å². The normalized spacial score (nSPS) is 11.9. The van der Waals surface area contributed by atoms with Gasteiger partial charge in [-0.3, -0.25) is 4.79 Å². The second-order valence-corrected chi connectivity index (χ2v) is 5.67. The van der Waals surface area contributed by atoms with Crippen LogP contribution in [0.1, 0.15) is 6.92 Å². The second kappa shape index (κ2) is 6.58. The third kappa shape index (κ3) is 3.61. The Morgan fingerprint density at radius 2 is 2.25 bits per heavy atom. The maximum absolute atomic E-state index is 12.1. The molecule has 0 unspecified atom stereocenters. The molecule has 2 aromatic heterocycles. The molecular weight excluding hydrogens is 298 g/mol. The minimum atomic E-state index is -0.436. The van der Waals surface area contributed by atoms with Crippen LogP contribution in [0.25, 0.3) is 0 Å². The highest BCUT2D eigenvalue weighted by Crippen LogP contribution is 2.23. The van der Waals surface area contributed by atoms with E-state index in [1.165, 1.54) is 18.0 Å². The molecule has 1 atom stereocenters. The second-order valence-electron chi connectivity index (χ2n) is 3.96. The Kier molecular flexibility index (Phi) is 4.81. The van der Waals surface area contributed by atoms with Crippen LogP contribution in [-0.4, -0.2) is 16.1 Å². The van der Waals surface area contributed by atoms with Gasteiger partial charge in [0.2, 0.25) is 5.91 Å². The first-order valence-electron chi connectivity index (χ1n) is 5.84. The summed E-state index contributed by atoms with van der Waals surface area (Å²) in [4.78, 5) is 15.9. The number of hydrogen-bond donors (Lipinski definition) is 1. The van der Waals surface area contributed by atoms with Gasteiger partial charge in [0.15, 0.2) is 11.3 Å². The predicted molar refractivity (Wildman–Crippen MR) is 78.6 cm³/mol. The number of rotatable bonds is 4. The molecule has 5 nitrogen and oxygen atoms in total. The summed E-state index contributed by atoms with van der Waals surface area (Å²) in [6.45, 7) is 1.72. The van der Waals surface area contributed by atoms with E-state index in [2.05, 4.69) is 10.3 Å². The van der Waals surface area contributed by atoms with Crippen LogP contribution in [0.3, 0.4) is 0 Å². The number of pyridine rings is 2. The molecule has 1 amide bonds. The highest BCUT2D eigenvalue weighted by atomic mass is 35.5. The standard InChI is InChI=1S/C13H12ClN3O2S/c1-9(20-11-6-2-3-8-17(11)19)13(18)16-10-5-4-7-15-12(10)14/h2-9H,1H3,(H,16,18)/t9-/m1/s1. The van der Waals surface area contributed by atoms with Crippen LogP contribution in [0, 0.1) is 5.21 Å². The van der Waals surface area contributed by atoms with Gasteiger partial charge >= 0.3 is 0 Å². The van der Waals surface area contributed by atoms with Crippen molar-refractivity contribution < 1.29 is 9.52 Å². The Labute approximate surface area is 125 Å².